The number of hydrogen-bond donors (Lipinski definition) is 1. The average Bonchev–Trinajstić information content (AvgIpc) is 2.72. The number of rotatable bonds is 2. The van der Waals surface area contributed by atoms with E-state index in [1.165, 1.54) is 0 Å². The lowest BCUT2D eigenvalue weighted by Gasteiger charge is -2.15. The standard InChI is InChI=1S/C14H17N3O2/c1-17-9-16-8-11(17)14(15)10-3-4-12-13(7-10)19-6-2-5-18-12/h3-4,7-9,14H,2,5-6,15H2,1H3. The first-order valence-electron chi connectivity index (χ1n) is 6.37. The van der Waals surface area contributed by atoms with E-state index < -0.39 is 0 Å². The van der Waals surface area contributed by atoms with Gasteiger partial charge in [-0.05, 0) is 17.7 Å². The maximum atomic E-state index is 6.28. The van der Waals surface area contributed by atoms with Crippen molar-refractivity contribution < 1.29 is 9.47 Å². The molecule has 0 spiro atoms. The van der Waals surface area contributed by atoms with E-state index in [-0.39, 0.29) is 6.04 Å². The van der Waals surface area contributed by atoms with Crippen molar-refractivity contribution >= 4 is 0 Å². The molecule has 0 saturated heterocycles. The Morgan fingerprint density at radius 3 is 2.79 bits per heavy atom. The van der Waals surface area contributed by atoms with Crippen LogP contribution in [0.1, 0.15) is 23.7 Å². The maximum absolute atomic E-state index is 6.28. The number of nitrogens with zero attached hydrogens (tertiary/aromatic N) is 2. The Morgan fingerprint density at radius 1 is 1.26 bits per heavy atom. The number of nitrogens with two attached hydrogens (primary N) is 1. The van der Waals surface area contributed by atoms with Crippen molar-refractivity contribution in [3.63, 3.8) is 0 Å². The van der Waals surface area contributed by atoms with E-state index in [4.69, 9.17) is 15.2 Å². The summed E-state index contributed by atoms with van der Waals surface area (Å²) in [7, 11) is 1.94. The average molecular weight is 259 g/mol. The Bertz CT molecular complexity index is 580. The second-order valence-corrected chi connectivity index (χ2v) is 4.66. The molecule has 0 amide bonds. The fourth-order valence-electron chi connectivity index (χ4n) is 2.21. The molecule has 19 heavy (non-hydrogen) atoms. The zero-order valence-electron chi connectivity index (χ0n) is 10.9. The smallest absolute Gasteiger partial charge is 0.161 e. The minimum absolute atomic E-state index is 0.218. The SMILES string of the molecule is Cn1cncc1C(N)c1ccc2c(c1)OCCCO2. The topological polar surface area (TPSA) is 62.3 Å². The third-order valence-electron chi connectivity index (χ3n) is 3.30. The minimum atomic E-state index is -0.218. The highest BCUT2D eigenvalue weighted by molar-refractivity contribution is 5.45. The van der Waals surface area contributed by atoms with Gasteiger partial charge in [0.2, 0.25) is 0 Å². The van der Waals surface area contributed by atoms with Crippen molar-refractivity contribution in [1.82, 2.24) is 9.55 Å². The molecule has 2 aromatic rings. The Labute approximate surface area is 112 Å². The molecule has 5 nitrogen and oxygen atoms in total. The molecule has 1 aliphatic heterocycles. The van der Waals surface area contributed by atoms with E-state index in [0.717, 1.165) is 29.2 Å². The van der Waals surface area contributed by atoms with Crippen LogP contribution in [0.2, 0.25) is 0 Å². The fraction of sp³-hybridized carbons (Fsp3) is 0.357. The second-order valence-electron chi connectivity index (χ2n) is 4.66. The lowest BCUT2D eigenvalue weighted by molar-refractivity contribution is 0.297. The van der Waals surface area contributed by atoms with Crippen LogP contribution < -0.4 is 15.2 Å². The van der Waals surface area contributed by atoms with E-state index in [1.54, 1.807) is 12.5 Å². The molecule has 1 unspecified atom stereocenters. The molecule has 2 heterocycles. The van der Waals surface area contributed by atoms with Crippen LogP contribution in [-0.2, 0) is 7.05 Å². The van der Waals surface area contributed by atoms with Gasteiger partial charge in [-0.15, -0.1) is 0 Å². The molecule has 1 aromatic heterocycles. The van der Waals surface area contributed by atoms with Crippen LogP contribution in [0, 0.1) is 0 Å². The van der Waals surface area contributed by atoms with Gasteiger partial charge in [-0.1, -0.05) is 6.07 Å². The zero-order chi connectivity index (χ0) is 13.2. The summed E-state index contributed by atoms with van der Waals surface area (Å²) in [5, 5.41) is 0. The van der Waals surface area contributed by atoms with E-state index in [9.17, 15) is 0 Å². The summed E-state index contributed by atoms with van der Waals surface area (Å²) in [5.41, 5.74) is 8.24. The van der Waals surface area contributed by atoms with Gasteiger partial charge >= 0.3 is 0 Å². The summed E-state index contributed by atoms with van der Waals surface area (Å²) >= 11 is 0. The van der Waals surface area contributed by atoms with Gasteiger partial charge in [0.25, 0.3) is 0 Å². The van der Waals surface area contributed by atoms with Gasteiger partial charge in [-0.25, -0.2) is 4.98 Å². The summed E-state index contributed by atoms with van der Waals surface area (Å²) in [4.78, 5) is 4.10. The van der Waals surface area contributed by atoms with E-state index >= 15 is 0 Å². The van der Waals surface area contributed by atoms with Crippen LogP contribution in [0.5, 0.6) is 11.5 Å². The van der Waals surface area contributed by atoms with Crippen molar-refractivity contribution in [3.8, 4) is 11.5 Å². The number of hydrogen-bond acceptors (Lipinski definition) is 4. The number of aromatic nitrogens is 2. The van der Waals surface area contributed by atoms with Crippen molar-refractivity contribution in [2.45, 2.75) is 12.5 Å². The minimum Gasteiger partial charge on any atom is -0.490 e. The third-order valence-corrected chi connectivity index (χ3v) is 3.30. The summed E-state index contributed by atoms with van der Waals surface area (Å²) in [6.45, 7) is 1.37. The number of fused-ring (bicyclic) bond motifs is 1. The van der Waals surface area contributed by atoms with Gasteiger partial charge in [0.05, 0.1) is 37.5 Å². The Balaban J connectivity index is 1.93. The molecule has 1 aliphatic rings. The third kappa shape index (κ3) is 2.29. The fourth-order valence-corrected chi connectivity index (χ4v) is 2.21. The maximum Gasteiger partial charge on any atom is 0.161 e. The zero-order valence-corrected chi connectivity index (χ0v) is 10.9. The van der Waals surface area contributed by atoms with Crippen LogP contribution in [-0.4, -0.2) is 22.8 Å². The Hall–Kier alpha value is -2.01. The first kappa shape index (κ1) is 12.0. The molecule has 0 fully saturated rings. The van der Waals surface area contributed by atoms with Crippen LogP contribution >= 0.6 is 0 Å². The number of imidazole rings is 1. The van der Waals surface area contributed by atoms with Gasteiger partial charge in [-0.2, -0.15) is 0 Å². The monoisotopic (exact) mass is 259 g/mol. The second kappa shape index (κ2) is 4.93. The molecule has 0 radical (unpaired) electrons. The molecular weight excluding hydrogens is 242 g/mol. The molecule has 0 bridgehead atoms. The molecule has 1 atom stereocenters. The number of ether oxygens (including phenoxy) is 2. The highest BCUT2D eigenvalue weighted by Crippen LogP contribution is 2.33. The molecule has 3 rings (SSSR count). The first-order chi connectivity index (χ1) is 9.25. The summed E-state index contributed by atoms with van der Waals surface area (Å²) in [6.07, 6.45) is 4.43. The van der Waals surface area contributed by atoms with Crippen molar-refractivity contribution in [1.29, 1.82) is 0 Å². The lowest BCUT2D eigenvalue weighted by atomic mass is 10.0. The predicted molar refractivity (Wildman–Crippen MR) is 71.3 cm³/mol. The van der Waals surface area contributed by atoms with Gasteiger partial charge < -0.3 is 19.8 Å². The van der Waals surface area contributed by atoms with Crippen molar-refractivity contribution in [2.75, 3.05) is 13.2 Å². The van der Waals surface area contributed by atoms with Crippen LogP contribution in [0.25, 0.3) is 0 Å². The van der Waals surface area contributed by atoms with Crippen LogP contribution in [0.3, 0.4) is 0 Å². The lowest BCUT2D eigenvalue weighted by Crippen LogP contribution is -2.15. The molecule has 5 heteroatoms. The van der Waals surface area contributed by atoms with Gasteiger partial charge in [0, 0.05) is 13.5 Å². The highest BCUT2D eigenvalue weighted by atomic mass is 16.5. The summed E-state index contributed by atoms with van der Waals surface area (Å²) < 4.78 is 13.2. The summed E-state index contributed by atoms with van der Waals surface area (Å²) in [5.74, 6) is 1.56. The molecule has 2 N–H and O–H groups in total. The Morgan fingerprint density at radius 2 is 2.05 bits per heavy atom. The predicted octanol–water partition coefficient (Wildman–Crippen LogP) is 1.63. The Kier molecular flexibility index (Phi) is 3.13. The quantitative estimate of drug-likeness (QED) is 0.890. The van der Waals surface area contributed by atoms with E-state index in [0.29, 0.717) is 13.2 Å². The first-order valence-corrected chi connectivity index (χ1v) is 6.37. The van der Waals surface area contributed by atoms with Crippen LogP contribution in [0.4, 0.5) is 0 Å². The summed E-state index contributed by atoms with van der Waals surface area (Å²) in [6, 6.07) is 5.64. The molecule has 100 valence electrons. The van der Waals surface area contributed by atoms with Crippen molar-refractivity contribution in [3.05, 3.63) is 42.0 Å². The largest absolute Gasteiger partial charge is 0.490 e. The van der Waals surface area contributed by atoms with E-state index in [2.05, 4.69) is 4.98 Å². The molecular formula is C14H17N3O2. The molecule has 0 saturated carbocycles. The van der Waals surface area contributed by atoms with Crippen molar-refractivity contribution in [2.24, 2.45) is 12.8 Å². The van der Waals surface area contributed by atoms with E-state index in [1.807, 2.05) is 29.8 Å². The molecule has 1 aromatic carbocycles. The van der Waals surface area contributed by atoms with Gasteiger partial charge in [0.15, 0.2) is 11.5 Å². The number of aryl methyl sites for hydroxylation is 1. The van der Waals surface area contributed by atoms with Crippen LogP contribution in [0.15, 0.2) is 30.7 Å². The van der Waals surface area contributed by atoms with Gasteiger partial charge in [-0.3, -0.25) is 0 Å². The highest BCUT2D eigenvalue weighted by Gasteiger charge is 2.16. The normalized spacial score (nSPS) is 15.9. The number of benzene rings is 1. The molecule has 0 aliphatic carbocycles. The van der Waals surface area contributed by atoms with Gasteiger partial charge in [0.1, 0.15) is 0 Å².